The molecule has 0 bridgehead atoms. The largest absolute Gasteiger partial charge is 0.405 e. The van der Waals surface area contributed by atoms with Crippen LogP contribution in [0.3, 0.4) is 0 Å². The van der Waals surface area contributed by atoms with Gasteiger partial charge in [0.15, 0.2) is 23.8 Å². The Labute approximate surface area is 218 Å². The second-order valence-electron chi connectivity index (χ2n) is 12.3. The van der Waals surface area contributed by atoms with Crippen molar-refractivity contribution in [2.24, 2.45) is 0 Å². The minimum Gasteiger partial charge on any atom is -0.405 e. The Morgan fingerprint density at radius 2 is 1.44 bits per heavy atom. The van der Waals surface area contributed by atoms with E-state index in [4.69, 9.17) is 18.6 Å². The van der Waals surface area contributed by atoms with Crippen molar-refractivity contribution in [1.82, 2.24) is 0 Å². The van der Waals surface area contributed by atoms with Crippen LogP contribution in [0.1, 0.15) is 34.6 Å². The molecule has 5 nitrogen and oxygen atoms in total. The summed E-state index contributed by atoms with van der Waals surface area (Å²) in [5.41, 5.74) is 1.81. The van der Waals surface area contributed by atoms with Crippen molar-refractivity contribution in [3.05, 3.63) is 60.7 Å². The van der Waals surface area contributed by atoms with E-state index in [9.17, 15) is 5.11 Å². The van der Waals surface area contributed by atoms with Crippen LogP contribution < -0.4 is 10.4 Å². The molecule has 0 unspecified atom stereocenters. The molecule has 1 N–H and O–H groups in total. The van der Waals surface area contributed by atoms with Crippen molar-refractivity contribution >= 4 is 26.8 Å². The first-order chi connectivity index (χ1) is 16.7. The summed E-state index contributed by atoms with van der Waals surface area (Å²) in [5, 5.41) is 14.2. The molecule has 0 saturated carbocycles. The smallest absolute Gasteiger partial charge is 0.261 e. The summed E-state index contributed by atoms with van der Waals surface area (Å²) >= 11 is 0. The Kier molecular flexibility index (Phi) is 7.21. The van der Waals surface area contributed by atoms with Gasteiger partial charge >= 0.3 is 0 Å². The average molecular weight is 525 g/mol. The van der Waals surface area contributed by atoms with E-state index in [1.54, 1.807) is 0 Å². The SMILES string of the molecule is CC1(C)O[C@H]2O[C@H](CO[Si](c3ccccc3)(c3ccccc3)C(C)(C)C)[C@](O)(C#C[Si](C)(C)C)[C@H]2O1. The third kappa shape index (κ3) is 5.14. The second-order valence-corrected chi connectivity index (χ2v) is 21.4. The van der Waals surface area contributed by atoms with E-state index in [1.165, 1.54) is 10.4 Å². The fourth-order valence-corrected chi connectivity index (χ4v) is 10.3. The maximum Gasteiger partial charge on any atom is 0.261 e. The minimum absolute atomic E-state index is 0.171. The van der Waals surface area contributed by atoms with E-state index in [0.717, 1.165) is 0 Å². The van der Waals surface area contributed by atoms with Gasteiger partial charge < -0.3 is 23.7 Å². The van der Waals surface area contributed by atoms with E-state index in [1.807, 2.05) is 26.0 Å². The van der Waals surface area contributed by atoms with Crippen molar-refractivity contribution in [3.63, 3.8) is 0 Å². The molecule has 0 radical (unpaired) electrons. The zero-order chi connectivity index (χ0) is 26.4. The predicted octanol–water partition coefficient (Wildman–Crippen LogP) is 4.05. The Balaban J connectivity index is 1.75. The van der Waals surface area contributed by atoms with Gasteiger partial charge in [0.05, 0.1) is 6.61 Å². The number of rotatable bonds is 5. The Morgan fingerprint density at radius 1 is 0.917 bits per heavy atom. The summed E-state index contributed by atoms with van der Waals surface area (Å²) in [6.07, 6.45) is -2.12. The zero-order valence-corrected chi connectivity index (χ0v) is 24.8. The van der Waals surface area contributed by atoms with Gasteiger partial charge in [0, 0.05) is 0 Å². The molecule has 2 aromatic carbocycles. The van der Waals surface area contributed by atoms with Crippen LogP contribution >= 0.6 is 0 Å². The quantitative estimate of drug-likeness (QED) is 0.472. The summed E-state index contributed by atoms with van der Waals surface area (Å²) in [7, 11) is -4.60. The third-order valence-electron chi connectivity index (χ3n) is 6.79. The summed E-state index contributed by atoms with van der Waals surface area (Å²) in [4.78, 5) is 0. The van der Waals surface area contributed by atoms with Gasteiger partial charge in [-0.1, -0.05) is 107 Å². The average Bonchev–Trinajstić information content (AvgIpc) is 3.23. The topological polar surface area (TPSA) is 57.2 Å². The number of aliphatic hydroxyl groups is 1. The summed E-state index contributed by atoms with van der Waals surface area (Å²) in [6.45, 7) is 17.0. The number of hydrogen-bond donors (Lipinski definition) is 1. The molecular weight excluding hydrogens is 484 g/mol. The molecule has 2 aliphatic heterocycles. The molecule has 2 heterocycles. The minimum atomic E-state index is -2.82. The van der Waals surface area contributed by atoms with Crippen molar-refractivity contribution in [2.75, 3.05) is 6.61 Å². The molecule has 2 saturated heterocycles. The lowest BCUT2D eigenvalue weighted by atomic mass is 9.94. The lowest BCUT2D eigenvalue weighted by molar-refractivity contribution is -0.225. The lowest BCUT2D eigenvalue weighted by Gasteiger charge is -2.44. The summed E-state index contributed by atoms with van der Waals surface area (Å²) < 4.78 is 25.5. The molecule has 0 spiro atoms. The molecule has 0 amide bonds. The van der Waals surface area contributed by atoms with E-state index in [-0.39, 0.29) is 11.6 Å². The van der Waals surface area contributed by atoms with Crippen LogP contribution in [0.2, 0.25) is 24.7 Å². The second kappa shape index (κ2) is 9.52. The van der Waals surface area contributed by atoms with E-state index in [0.29, 0.717) is 0 Å². The van der Waals surface area contributed by atoms with Gasteiger partial charge in [-0.3, -0.25) is 0 Å². The lowest BCUT2D eigenvalue weighted by Crippen LogP contribution is -2.67. The van der Waals surface area contributed by atoms with Gasteiger partial charge in [-0.2, -0.15) is 0 Å². The van der Waals surface area contributed by atoms with Crippen LogP contribution in [0.15, 0.2) is 60.7 Å². The van der Waals surface area contributed by atoms with Gasteiger partial charge in [-0.15, -0.1) is 5.54 Å². The molecule has 0 aliphatic carbocycles. The fourth-order valence-electron chi connectivity index (χ4n) is 5.14. The normalized spacial score (nSPS) is 27.9. The highest BCUT2D eigenvalue weighted by molar-refractivity contribution is 6.99. The molecule has 194 valence electrons. The van der Waals surface area contributed by atoms with Crippen LogP contribution in [-0.2, 0) is 18.6 Å². The van der Waals surface area contributed by atoms with Gasteiger partial charge in [-0.05, 0) is 29.3 Å². The van der Waals surface area contributed by atoms with Crippen molar-refractivity contribution in [1.29, 1.82) is 0 Å². The molecule has 4 atom stereocenters. The van der Waals surface area contributed by atoms with Crippen LogP contribution in [0, 0.1) is 11.5 Å². The van der Waals surface area contributed by atoms with Crippen LogP contribution in [0.5, 0.6) is 0 Å². The molecule has 4 rings (SSSR count). The highest BCUT2D eigenvalue weighted by Gasteiger charge is 2.63. The maximum absolute atomic E-state index is 12.0. The third-order valence-corrected chi connectivity index (χ3v) is 12.7. The molecular formula is C29H40O5Si2. The van der Waals surface area contributed by atoms with Gasteiger partial charge in [-0.25, -0.2) is 0 Å². The predicted molar refractivity (Wildman–Crippen MR) is 148 cm³/mol. The summed E-state index contributed by atoms with van der Waals surface area (Å²) in [6, 6.07) is 20.9. The molecule has 36 heavy (non-hydrogen) atoms. The van der Waals surface area contributed by atoms with Crippen molar-refractivity contribution in [3.8, 4) is 11.5 Å². The Bertz CT molecular complexity index is 1070. The van der Waals surface area contributed by atoms with E-state index in [2.05, 4.69) is 100 Å². The van der Waals surface area contributed by atoms with Gasteiger partial charge in [0.2, 0.25) is 0 Å². The summed E-state index contributed by atoms with van der Waals surface area (Å²) in [5.74, 6) is 2.33. The first-order valence-corrected chi connectivity index (χ1v) is 18.1. The van der Waals surface area contributed by atoms with Crippen LogP contribution in [0.4, 0.5) is 0 Å². The Morgan fingerprint density at radius 3 is 1.92 bits per heavy atom. The van der Waals surface area contributed by atoms with Crippen LogP contribution in [-0.4, -0.2) is 58.0 Å². The van der Waals surface area contributed by atoms with Crippen molar-refractivity contribution in [2.45, 2.75) is 89.2 Å². The number of fused-ring (bicyclic) bond motifs is 1. The molecule has 7 heteroatoms. The number of benzene rings is 2. The highest BCUT2D eigenvalue weighted by Crippen LogP contribution is 2.44. The monoisotopic (exact) mass is 524 g/mol. The first kappa shape index (κ1) is 27.3. The standard InChI is InChI=1S/C29H40O5Si2/c1-27(2,3)36(22-15-11-9-12-16-22,23-17-13-10-14-18-23)31-21-24-29(30,19-20-35(6,7)8)25-26(32-24)34-28(4,5)33-25/h9-18,24-26,30H,21H2,1-8H3/t24-,25+,26-,29-/m1/s1. The van der Waals surface area contributed by atoms with Gasteiger partial charge in [0.25, 0.3) is 8.32 Å². The number of hydrogen-bond acceptors (Lipinski definition) is 5. The molecule has 2 aromatic rings. The zero-order valence-electron chi connectivity index (χ0n) is 22.8. The first-order valence-electron chi connectivity index (χ1n) is 12.7. The molecule has 0 aromatic heterocycles. The maximum atomic E-state index is 12.0. The molecule has 2 fully saturated rings. The van der Waals surface area contributed by atoms with Gasteiger partial charge in [0.1, 0.15) is 14.2 Å². The fraction of sp³-hybridized carbons (Fsp3) is 0.517. The van der Waals surface area contributed by atoms with Crippen molar-refractivity contribution < 1.29 is 23.7 Å². The highest BCUT2D eigenvalue weighted by atomic mass is 28.4. The van der Waals surface area contributed by atoms with E-state index < -0.39 is 46.3 Å². The Hall–Kier alpha value is -1.77. The number of ether oxygens (including phenoxy) is 3. The van der Waals surface area contributed by atoms with E-state index >= 15 is 0 Å². The van der Waals surface area contributed by atoms with Crippen LogP contribution in [0.25, 0.3) is 0 Å². The molecule has 2 aliphatic rings.